The number of rotatable bonds is 4. The van der Waals surface area contributed by atoms with Crippen LogP contribution >= 0.6 is 0 Å². The lowest BCUT2D eigenvalue weighted by Crippen LogP contribution is -2.48. The molecule has 0 spiro atoms. The van der Waals surface area contributed by atoms with E-state index in [0.29, 0.717) is 12.1 Å². The number of nitrogens with zero attached hydrogens (tertiary/aromatic N) is 1. The van der Waals surface area contributed by atoms with E-state index in [1.807, 2.05) is 0 Å². The molecule has 2 aliphatic heterocycles. The largest absolute Gasteiger partial charge is 0.459 e. The number of imide groups is 1. The Morgan fingerprint density at radius 1 is 1.38 bits per heavy atom. The van der Waals surface area contributed by atoms with Gasteiger partial charge in [-0.2, -0.15) is 0 Å². The fraction of sp³-hybridized carbons (Fsp3) is 0.600. The van der Waals surface area contributed by atoms with Crippen LogP contribution in [0.3, 0.4) is 0 Å². The Kier molecular flexibility index (Phi) is 4.36. The molecule has 2 aliphatic rings. The number of furan rings is 1. The number of hydrogen-bond acceptors (Lipinski definition) is 5. The molecule has 0 saturated carbocycles. The van der Waals surface area contributed by atoms with Crippen LogP contribution in [-0.4, -0.2) is 48.4 Å². The standard InChI is InChI=1S/C15H21N3O3/c19-14(17-15(20)13-6-3-9-21-13)10-18-8-2-5-12(18)11-4-1-7-16-11/h3,6,9,11-12,16H,1-2,4-5,7-8,10H2,(H,17,19,20). The fourth-order valence-electron chi connectivity index (χ4n) is 3.36. The molecular weight excluding hydrogens is 270 g/mol. The summed E-state index contributed by atoms with van der Waals surface area (Å²) in [6, 6.07) is 4.07. The van der Waals surface area contributed by atoms with Crippen molar-refractivity contribution in [2.24, 2.45) is 0 Å². The van der Waals surface area contributed by atoms with Crippen molar-refractivity contribution >= 4 is 11.8 Å². The van der Waals surface area contributed by atoms with Gasteiger partial charge in [0.2, 0.25) is 5.91 Å². The Balaban J connectivity index is 1.53. The number of likely N-dealkylation sites (tertiary alicyclic amines) is 1. The third kappa shape index (κ3) is 3.33. The van der Waals surface area contributed by atoms with E-state index in [2.05, 4.69) is 15.5 Å². The zero-order valence-electron chi connectivity index (χ0n) is 12.0. The first-order chi connectivity index (χ1) is 10.2. The van der Waals surface area contributed by atoms with Gasteiger partial charge in [-0.05, 0) is 50.9 Å². The predicted octanol–water partition coefficient (Wildman–Crippen LogP) is 0.752. The summed E-state index contributed by atoms with van der Waals surface area (Å²) >= 11 is 0. The van der Waals surface area contributed by atoms with E-state index < -0.39 is 5.91 Å². The van der Waals surface area contributed by atoms with Gasteiger partial charge in [0.1, 0.15) is 0 Å². The molecule has 1 aromatic rings. The molecule has 2 N–H and O–H groups in total. The van der Waals surface area contributed by atoms with E-state index in [1.165, 1.54) is 19.1 Å². The second-order valence-corrected chi connectivity index (χ2v) is 5.74. The van der Waals surface area contributed by atoms with Gasteiger partial charge in [-0.1, -0.05) is 0 Å². The lowest BCUT2D eigenvalue weighted by molar-refractivity contribution is -0.121. The zero-order chi connectivity index (χ0) is 14.7. The Bertz CT molecular complexity index is 494. The highest BCUT2D eigenvalue weighted by Crippen LogP contribution is 2.24. The lowest BCUT2D eigenvalue weighted by Gasteiger charge is -2.28. The van der Waals surface area contributed by atoms with Gasteiger partial charge in [0, 0.05) is 12.1 Å². The summed E-state index contributed by atoms with van der Waals surface area (Å²) in [4.78, 5) is 26.0. The van der Waals surface area contributed by atoms with Crippen molar-refractivity contribution in [2.75, 3.05) is 19.6 Å². The first kappa shape index (κ1) is 14.3. The van der Waals surface area contributed by atoms with Crippen LogP contribution in [0.1, 0.15) is 36.2 Å². The molecule has 1 aromatic heterocycles. The molecule has 0 bridgehead atoms. The number of carbonyl (C=O) groups is 2. The smallest absolute Gasteiger partial charge is 0.293 e. The third-order valence-electron chi connectivity index (χ3n) is 4.32. The lowest BCUT2D eigenvalue weighted by atomic mass is 10.0. The summed E-state index contributed by atoms with van der Waals surface area (Å²) in [5, 5.41) is 5.90. The molecule has 21 heavy (non-hydrogen) atoms. The molecule has 3 heterocycles. The van der Waals surface area contributed by atoms with Crippen LogP contribution in [0.4, 0.5) is 0 Å². The topological polar surface area (TPSA) is 74.6 Å². The average Bonchev–Trinajstić information content (AvgIpc) is 3.21. The highest BCUT2D eigenvalue weighted by Gasteiger charge is 2.34. The van der Waals surface area contributed by atoms with Gasteiger partial charge >= 0.3 is 0 Å². The molecule has 2 amide bonds. The van der Waals surface area contributed by atoms with E-state index in [4.69, 9.17) is 4.42 Å². The van der Waals surface area contributed by atoms with Crippen molar-refractivity contribution in [1.82, 2.24) is 15.5 Å². The third-order valence-corrected chi connectivity index (χ3v) is 4.32. The monoisotopic (exact) mass is 291 g/mol. The first-order valence-corrected chi connectivity index (χ1v) is 7.59. The zero-order valence-corrected chi connectivity index (χ0v) is 12.0. The molecule has 0 aliphatic carbocycles. The number of carbonyl (C=O) groups excluding carboxylic acids is 2. The van der Waals surface area contributed by atoms with E-state index in [-0.39, 0.29) is 18.2 Å². The molecular formula is C15H21N3O3. The molecule has 0 aromatic carbocycles. The van der Waals surface area contributed by atoms with Gasteiger partial charge < -0.3 is 9.73 Å². The highest BCUT2D eigenvalue weighted by atomic mass is 16.3. The Labute approximate surface area is 123 Å². The summed E-state index contributed by atoms with van der Waals surface area (Å²) in [6.45, 7) is 2.26. The quantitative estimate of drug-likeness (QED) is 0.856. The minimum Gasteiger partial charge on any atom is -0.459 e. The molecule has 114 valence electrons. The second-order valence-electron chi connectivity index (χ2n) is 5.74. The van der Waals surface area contributed by atoms with Crippen molar-refractivity contribution < 1.29 is 14.0 Å². The Morgan fingerprint density at radius 3 is 3.00 bits per heavy atom. The number of hydrogen-bond donors (Lipinski definition) is 2. The van der Waals surface area contributed by atoms with E-state index in [1.54, 1.807) is 12.1 Å². The highest BCUT2D eigenvalue weighted by molar-refractivity contribution is 6.03. The predicted molar refractivity (Wildman–Crippen MR) is 76.8 cm³/mol. The second kappa shape index (κ2) is 6.41. The molecule has 0 radical (unpaired) electrons. The van der Waals surface area contributed by atoms with Crippen molar-refractivity contribution in [1.29, 1.82) is 0 Å². The maximum absolute atomic E-state index is 12.0. The van der Waals surface area contributed by atoms with Crippen LogP contribution < -0.4 is 10.6 Å². The number of nitrogens with one attached hydrogen (secondary N) is 2. The summed E-state index contributed by atoms with van der Waals surface area (Å²) in [5.74, 6) is -0.570. The van der Waals surface area contributed by atoms with Gasteiger partial charge in [0.25, 0.3) is 5.91 Å². The Hall–Kier alpha value is -1.66. The van der Waals surface area contributed by atoms with E-state index >= 15 is 0 Å². The summed E-state index contributed by atoms with van der Waals surface area (Å²) in [5.41, 5.74) is 0. The Morgan fingerprint density at radius 2 is 2.29 bits per heavy atom. The summed E-state index contributed by atoms with van der Waals surface area (Å²) in [6.07, 6.45) is 6.04. The van der Waals surface area contributed by atoms with Gasteiger partial charge in [0.15, 0.2) is 5.76 Å². The maximum Gasteiger partial charge on any atom is 0.293 e. The van der Waals surface area contributed by atoms with Crippen LogP contribution in [0.2, 0.25) is 0 Å². The van der Waals surface area contributed by atoms with Crippen molar-refractivity contribution in [3.8, 4) is 0 Å². The van der Waals surface area contributed by atoms with Crippen molar-refractivity contribution in [3.63, 3.8) is 0 Å². The van der Waals surface area contributed by atoms with Crippen LogP contribution in [0, 0.1) is 0 Å². The summed E-state index contributed by atoms with van der Waals surface area (Å²) in [7, 11) is 0. The average molecular weight is 291 g/mol. The summed E-state index contributed by atoms with van der Waals surface area (Å²) < 4.78 is 4.98. The van der Waals surface area contributed by atoms with Gasteiger partial charge in [0.05, 0.1) is 12.8 Å². The number of amides is 2. The minimum atomic E-state index is -0.472. The normalized spacial score (nSPS) is 26.1. The van der Waals surface area contributed by atoms with E-state index in [9.17, 15) is 9.59 Å². The van der Waals surface area contributed by atoms with Crippen LogP contribution in [0.15, 0.2) is 22.8 Å². The van der Waals surface area contributed by atoms with Crippen LogP contribution in [0.25, 0.3) is 0 Å². The van der Waals surface area contributed by atoms with Crippen molar-refractivity contribution in [3.05, 3.63) is 24.2 Å². The molecule has 6 nitrogen and oxygen atoms in total. The fourth-order valence-corrected chi connectivity index (χ4v) is 3.36. The first-order valence-electron chi connectivity index (χ1n) is 7.59. The van der Waals surface area contributed by atoms with Crippen LogP contribution in [0.5, 0.6) is 0 Å². The molecule has 3 rings (SSSR count). The minimum absolute atomic E-state index is 0.166. The van der Waals surface area contributed by atoms with Gasteiger partial charge in [-0.15, -0.1) is 0 Å². The molecule has 2 fully saturated rings. The molecule has 6 heteroatoms. The molecule has 2 unspecified atom stereocenters. The molecule has 2 atom stereocenters. The van der Waals surface area contributed by atoms with Gasteiger partial charge in [-0.25, -0.2) is 0 Å². The van der Waals surface area contributed by atoms with Crippen LogP contribution in [-0.2, 0) is 4.79 Å². The van der Waals surface area contributed by atoms with Crippen molar-refractivity contribution in [2.45, 2.75) is 37.8 Å². The molecule has 2 saturated heterocycles. The maximum atomic E-state index is 12.0. The van der Waals surface area contributed by atoms with Gasteiger partial charge in [-0.3, -0.25) is 19.8 Å². The van der Waals surface area contributed by atoms with E-state index in [0.717, 1.165) is 25.9 Å². The SMILES string of the molecule is O=C(CN1CCCC1C1CCCN1)NC(=O)c1ccco1.